The number of halogens is 2. The summed E-state index contributed by atoms with van der Waals surface area (Å²) in [6, 6.07) is 15.9. The van der Waals surface area contributed by atoms with E-state index in [4.69, 9.17) is 27.9 Å². The number of carbonyl (C=O) groups is 1. The topological polar surface area (TPSA) is 26.3 Å². The smallest absolute Gasteiger partial charge is 0.331 e. The Hall–Kier alpha value is -1.77. The molecule has 0 spiro atoms. The second-order valence-corrected chi connectivity index (χ2v) is 6.47. The Morgan fingerprint density at radius 2 is 1.60 bits per heavy atom. The van der Waals surface area contributed by atoms with E-state index in [1.165, 1.54) is 0 Å². The van der Waals surface area contributed by atoms with E-state index in [-0.39, 0.29) is 5.97 Å². The highest BCUT2D eigenvalue weighted by atomic mass is 35.5. The van der Waals surface area contributed by atoms with Crippen LogP contribution < -0.4 is 0 Å². The first-order chi connectivity index (χ1) is 12.1. The van der Waals surface area contributed by atoms with E-state index in [0.29, 0.717) is 12.5 Å². The van der Waals surface area contributed by atoms with Gasteiger partial charge in [0, 0.05) is 17.0 Å². The second kappa shape index (κ2) is 10.3. The maximum absolute atomic E-state index is 11.8. The van der Waals surface area contributed by atoms with Gasteiger partial charge in [-0.3, -0.25) is 0 Å². The van der Waals surface area contributed by atoms with Gasteiger partial charge < -0.3 is 4.74 Å². The van der Waals surface area contributed by atoms with Crippen molar-refractivity contribution >= 4 is 34.7 Å². The van der Waals surface area contributed by atoms with Gasteiger partial charge in [-0.1, -0.05) is 48.0 Å². The highest BCUT2D eigenvalue weighted by Crippen LogP contribution is 2.26. The highest BCUT2D eigenvalue weighted by Gasteiger charge is 2.07. The van der Waals surface area contributed by atoms with Crippen molar-refractivity contribution in [2.45, 2.75) is 26.2 Å². The van der Waals surface area contributed by atoms with Crippen molar-refractivity contribution in [3.05, 3.63) is 65.2 Å². The Morgan fingerprint density at radius 1 is 1.00 bits per heavy atom. The first-order valence-corrected chi connectivity index (χ1v) is 9.35. The molecule has 2 aromatic rings. The fraction of sp³-hybridized carbons (Fsp3) is 0.286. The minimum absolute atomic E-state index is 0.301. The monoisotopic (exact) mass is 376 g/mol. The Balaban J connectivity index is 2.21. The molecule has 2 rings (SSSR count). The molecule has 0 N–H and O–H groups in total. The van der Waals surface area contributed by atoms with E-state index in [9.17, 15) is 4.79 Å². The van der Waals surface area contributed by atoms with Crippen LogP contribution >= 0.6 is 23.2 Å². The summed E-state index contributed by atoms with van der Waals surface area (Å²) in [6.45, 7) is 2.18. The van der Waals surface area contributed by atoms with Gasteiger partial charge >= 0.3 is 5.97 Å². The third kappa shape index (κ3) is 6.22. The normalized spacial score (nSPS) is 11.4. The lowest BCUT2D eigenvalue weighted by atomic mass is 9.97. The Morgan fingerprint density at radius 3 is 2.16 bits per heavy atom. The van der Waals surface area contributed by atoms with Crippen LogP contribution in [0.1, 0.15) is 31.7 Å². The molecule has 0 bridgehead atoms. The van der Waals surface area contributed by atoms with Crippen molar-refractivity contribution in [2.24, 2.45) is 0 Å². The number of ether oxygens (including phenoxy) is 1. The van der Waals surface area contributed by atoms with Crippen LogP contribution in [0.3, 0.4) is 0 Å². The van der Waals surface area contributed by atoms with E-state index in [2.05, 4.69) is 12.1 Å². The van der Waals surface area contributed by atoms with Crippen LogP contribution in [0, 0.1) is 0 Å². The molecule has 132 valence electrons. The Labute approximate surface area is 159 Å². The lowest BCUT2D eigenvalue weighted by molar-refractivity contribution is -0.137. The molecule has 2 aromatic carbocycles. The van der Waals surface area contributed by atoms with Crippen molar-refractivity contribution in [2.75, 3.05) is 12.5 Å². The van der Waals surface area contributed by atoms with Crippen LogP contribution in [0.5, 0.6) is 0 Å². The van der Waals surface area contributed by atoms with Crippen LogP contribution in [-0.2, 0) is 9.53 Å². The molecular weight excluding hydrogens is 355 g/mol. The number of hydrogen-bond donors (Lipinski definition) is 0. The van der Waals surface area contributed by atoms with Gasteiger partial charge in [-0.05, 0) is 60.6 Å². The SMILES string of the molecule is CCOC(=O)/C=C(/CCCCCl)c1ccc(-c2ccc(Cl)cc2)cc1. The van der Waals surface area contributed by atoms with E-state index in [1.54, 1.807) is 13.0 Å². The summed E-state index contributed by atoms with van der Waals surface area (Å²) in [7, 11) is 0. The van der Waals surface area contributed by atoms with Gasteiger partial charge in [0.15, 0.2) is 0 Å². The van der Waals surface area contributed by atoms with Gasteiger partial charge in [-0.2, -0.15) is 0 Å². The van der Waals surface area contributed by atoms with Crippen molar-refractivity contribution < 1.29 is 9.53 Å². The van der Waals surface area contributed by atoms with Crippen molar-refractivity contribution in [1.29, 1.82) is 0 Å². The summed E-state index contributed by atoms with van der Waals surface area (Å²) in [6.07, 6.45) is 4.25. The van der Waals surface area contributed by atoms with Gasteiger partial charge in [0.05, 0.1) is 6.61 Å². The molecule has 0 amide bonds. The molecule has 0 atom stereocenters. The van der Waals surface area contributed by atoms with Gasteiger partial charge in [0.25, 0.3) is 0 Å². The van der Waals surface area contributed by atoms with Crippen molar-refractivity contribution in [1.82, 2.24) is 0 Å². The Bertz CT molecular complexity index is 704. The lowest BCUT2D eigenvalue weighted by Gasteiger charge is -2.09. The fourth-order valence-electron chi connectivity index (χ4n) is 2.56. The van der Waals surface area contributed by atoms with Crippen LogP contribution in [0.25, 0.3) is 16.7 Å². The number of benzene rings is 2. The molecule has 0 fully saturated rings. The number of unbranched alkanes of at least 4 members (excludes halogenated alkanes) is 1. The minimum Gasteiger partial charge on any atom is -0.463 e. The number of carbonyl (C=O) groups excluding carboxylic acids is 1. The molecular formula is C21H22Cl2O2. The average molecular weight is 377 g/mol. The maximum atomic E-state index is 11.8. The largest absolute Gasteiger partial charge is 0.463 e. The molecule has 0 saturated carbocycles. The summed E-state index contributed by atoms with van der Waals surface area (Å²) in [5.41, 5.74) is 4.22. The molecule has 0 heterocycles. The molecule has 0 aliphatic heterocycles. The summed E-state index contributed by atoms with van der Waals surface area (Å²) < 4.78 is 5.05. The zero-order chi connectivity index (χ0) is 18.1. The number of alkyl halides is 1. The number of rotatable bonds is 8. The van der Waals surface area contributed by atoms with E-state index in [0.717, 1.165) is 46.5 Å². The van der Waals surface area contributed by atoms with Gasteiger partial charge in [-0.25, -0.2) is 4.79 Å². The molecule has 0 aromatic heterocycles. The van der Waals surface area contributed by atoms with E-state index in [1.807, 2.05) is 36.4 Å². The van der Waals surface area contributed by atoms with E-state index >= 15 is 0 Å². The summed E-state index contributed by atoms with van der Waals surface area (Å²) in [5, 5.41) is 0.722. The quantitative estimate of drug-likeness (QED) is 0.231. The number of hydrogen-bond acceptors (Lipinski definition) is 2. The zero-order valence-electron chi connectivity index (χ0n) is 14.3. The van der Waals surface area contributed by atoms with Gasteiger partial charge in [-0.15, -0.1) is 11.6 Å². The molecule has 0 saturated heterocycles. The summed E-state index contributed by atoms with van der Waals surface area (Å²) in [5.74, 6) is 0.326. The minimum atomic E-state index is -0.301. The molecule has 25 heavy (non-hydrogen) atoms. The fourth-order valence-corrected chi connectivity index (χ4v) is 2.87. The highest BCUT2D eigenvalue weighted by molar-refractivity contribution is 6.30. The van der Waals surface area contributed by atoms with E-state index < -0.39 is 0 Å². The van der Waals surface area contributed by atoms with Crippen LogP contribution in [-0.4, -0.2) is 18.5 Å². The molecule has 0 aliphatic carbocycles. The van der Waals surface area contributed by atoms with Crippen LogP contribution in [0.4, 0.5) is 0 Å². The molecule has 0 radical (unpaired) electrons. The standard InChI is InChI=1S/C21H22Cl2O2/c1-2-25-21(24)15-19(5-3-4-14-22)18-8-6-16(7-9-18)17-10-12-20(23)13-11-17/h6-13,15H,2-5,14H2,1H3/b19-15-. The maximum Gasteiger partial charge on any atom is 0.331 e. The lowest BCUT2D eigenvalue weighted by Crippen LogP contribution is -2.01. The van der Waals surface area contributed by atoms with Crippen LogP contribution in [0.15, 0.2) is 54.6 Å². The first-order valence-electron chi connectivity index (χ1n) is 8.43. The van der Waals surface area contributed by atoms with Gasteiger partial charge in [0.2, 0.25) is 0 Å². The average Bonchev–Trinajstić information content (AvgIpc) is 2.62. The summed E-state index contributed by atoms with van der Waals surface area (Å²) in [4.78, 5) is 11.8. The number of allylic oxidation sites excluding steroid dienone is 1. The molecule has 2 nitrogen and oxygen atoms in total. The van der Waals surface area contributed by atoms with Gasteiger partial charge in [0.1, 0.15) is 0 Å². The number of esters is 1. The third-order valence-corrected chi connectivity index (χ3v) is 4.36. The zero-order valence-corrected chi connectivity index (χ0v) is 15.8. The summed E-state index contributed by atoms with van der Waals surface area (Å²) >= 11 is 11.7. The molecule has 0 unspecified atom stereocenters. The second-order valence-electron chi connectivity index (χ2n) is 5.65. The third-order valence-electron chi connectivity index (χ3n) is 3.84. The predicted octanol–water partition coefficient (Wildman–Crippen LogP) is 6.36. The Kier molecular flexibility index (Phi) is 8.03. The first kappa shape index (κ1) is 19.6. The molecule has 4 heteroatoms. The predicted molar refractivity (Wildman–Crippen MR) is 106 cm³/mol. The van der Waals surface area contributed by atoms with Crippen LogP contribution in [0.2, 0.25) is 5.02 Å². The van der Waals surface area contributed by atoms with Crippen molar-refractivity contribution in [3.8, 4) is 11.1 Å². The van der Waals surface area contributed by atoms with Crippen molar-refractivity contribution in [3.63, 3.8) is 0 Å². The molecule has 0 aliphatic rings.